The largest absolute Gasteiger partial charge is 0.480 e. The van der Waals surface area contributed by atoms with E-state index in [1.165, 1.54) is 16.2 Å². The Morgan fingerprint density at radius 3 is 3.00 bits per heavy atom. The van der Waals surface area contributed by atoms with Crippen LogP contribution in [0.5, 0.6) is 0 Å². The maximum atomic E-state index is 12.0. The van der Waals surface area contributed by atoms with E-state index in [0.29, 0.717) is 13.0 Å². The van der Waals surface area contributed by atoms with Gasteiger partial charge in [-0.25, -0.2) is 9.78 Å². The number of aromatic nitrogens is 1. The van der Waals surface area contributed by atoms with Crippen LogP contribution in [0.4, 0.5) is 0 Å². The minimum Gasteiger partial charge on any atom is -0.480 e. The number of amides is 1. The van der Waals surface area contributed by atoms with Gasteiger partial charge in [0.05, 0.1) is 17.1 Å². The monoisotopic (exact) mass is 254 g/mol. The molecule has 6 heteroatoms. The van der Waals surface area contributed by atoms with E-state index in [1.54, 1.807) is 0 Å². The Kier molecular flexibility index (Phi) is 3.42. The molecule has 1 aliphatic rings. The number of thiazole rings is 1. The van der Waals surface area contributed by atoms with Crippen molar-refractivity contribution in [1.82, 2.24) is 9.88 Å². The molecule has 0 aliphatic carbocycles. The molecular formula is C11H14N2O3S. The topological polar surface area (TPSA) is 70.5 Å². The molecule has 5 nitrogen and oxygen atoms in total. The van der Waals surface area contributed by atoms with Gasteiger partial charge in [0, 0.05) is 11.9 Å². The highest BCUT2D eigenvalue weighted by molar-refractivity contribution is 7.09. The van der Waals surface area contributed by atoms with E-state index in [0.717, 1.165) is 17.1 Å². The molecule has 1 atom stereocenters. The van der Waals surface area contributed by atoms with Crippen molar-refractivity contribution in [1.29, 1.82) is 0 Å². The van der Waals surface area contributed by atoms with Gasteiger partial charge in [0.25, 0.3) is 0 Å². The Morgan fingerprint density at radius 2 is 2.41 bits per heavy atom. The van der Waals surface area contributed by atoms with Crippen LogP contribution in [0.2, 0.25) is 0 Å². The van der Waals surface area contributed by atoms with E-state index in [9.17, 15) is 9.59 Å². The molecule has 1 saturated heterocycles. The van der Waals surface area contributed by atoms with Gasteiger partial charge in [-0.15, -0.1) is 11.3 Å². The second kappa shape index (κ2) is 4.83. The molecular weight excluding hydrogens is 240 g/mol. The molecule has 1 fully saturated rings. The van der Waals surface area contributed by atoms with E-state index in [-0.39, 0.29) is 12.3 Å². The fourth-order valence-electron chi connectivity index (χ4n) is 2.07. The highest BCUT2D eigenvalue weighted by atomic mass is 32.1. The third kappa shape index (κ3) is 2.63. The summed E-state index contributed by atoms with van der Waals surface area (Å²) in [6.07, 6.45) is 1.52. The van der Waals surface area contributed by atoms with Crippen LogP contribution in [-0.2, 0) is 16.0 Å². The number of carboxylic acids is 1. The van der Waals surface area contributed by atoms with Crippen molar-refractivity contribution in [3.63, 3.8) is 0 Å². The molecule has 0 saturated carbocycles. The minimum absolute atomic E-state index is 0.139. The molecule has 0 aromatic carbocycles. The number of carbonyl (C=O) groups is 2. The van der Waals surface area contributed by atoms with Gasteiger partial charge in [0.1, 0.15) is 6.04 Å². The molecule has 0 bridgehead atoms. The smallest absolute Gasteiger partial charge is 0.326 e. The molecule has 1 aromatic heterocycles. The Balaban J connectivity index is 2.02. The van der Waals surface area contributed by atoms with Crippen LogP contribution in [0.25, 0.3) is 0 Å². The van der Waals surface area contributed by atoms with Crippen molar-refractivity contribution >= 4 is 23.2 Å². The van der Waals surface area contributed by atoms with E-state index >= 15 is 0 Å². The lowest BCUT2D eigenvalue weighted by atomic mass is 10.2. The van der Waals surface area contributed by atoms with Crippen molar-refractivity contribution in [2.45, 2.75) is 32.2 Å². The van der Waals surface area contributed by atoms with Crippen LogP contribution in [0, 0.1) is 6.92 Å². The average molecular weight is 254 g/mol. The van der Waals surface area contributed by atoms with E-state index in [4.69, 9.17) is 5.11 Å². The predicted octanol–water partition coefficient (Wildman–Crippen LogP) is 1.07. The van der Waals surface area contributed by atoms with E-state index in [2.05, 4.69) is 4.98 Å². The summed E-state index contributed by atoms with van der Waals surface area (Å²) < 4.78 is 0. The quantitative estimate of drug-likeness (QED) is 0.876. The number of hydrogen-bond acceptors (Lipinski definition) is 4. The first-order valence-electron chi connectivity index (χ1n) is 5.51. The third-order valence-electron chi connectivity index (χ3n) is 2.86. The van der Waals surface area contributed by atoms with Crippen molar-refractivity contribution in [2.75, 3.05) is 6.54 Å². The zero-order valence-electron chi connectivity index (χ0n) is 9.55. The average Bonchev–Trinajstić information content (AvgIpc) is 2.86. The molecule has 1 aliphatic heterocycles. The van der Waals surface area contributed by atoms with Gasteiger partial charge in [0.15, 0.2) is 0 Å². The second-order valence-electron chi connectivity index (χ2n) is 4.12. The van der Waals surface area contributed by atoms with Crippen LogP contribution in [0.1, 0.15) is 23.5 Å². The zero-order chi connectivity index (χ0) is 12.4. The van der Waals surface area contributed by atoms with Gasteiger partial charge in [-0.05, 0) is 19.8 Å². The van der Waals surface area contributed by atoms with Crippen LogP contribution in [0.3, 0.4) is 0 Å². The Bertz CT molecular complexity index is 444. The van der Waals surface area contributed by atoms with E-state index < -0.39 is 12.0 Å². The van der Waals surface area contributed by atoms with Crippen molar-refractivity contribution in [2.24, 2.45) is 0 Å². The summed E-state index contributed by atoms with van der Waals surface area (Å²) in [5.74, 6) is -1.05. The summed E-state index contributed by atoms with van der Waals surface area (Å²) in [6, 6.07) is -0.651. The summed E-state index contributed by atoms with van der Waals surface area (Å²) in [5, 5.41) is 11.8. The van der Waals surface area contributed by atoms with Gasteiger partial charge < -0.3 is 10.0 Å². The summed E-state index contributed by atoms with van der Waals surface area (Å²) in [5.41, 5.74) is 0.730. The predicted molar refractivity (Wildman–Crippen MR) is 62.9 cm³/mol. The molecule has 2 rings (SSSR count). The Hall–Kier alpha value is -1.43. The maximum Gasteiger partial charge on any atom is 0.326 e. The van der Waals surface area contributed by atoms with Crippen molar-refractivity contribution in [3.05, 3.63) is 16.1 Å². The molecule has 92 valence electrons. The van der Waals surface area contributed by atoms with Crippen LogP contribution >= 0.6 is 11.3 Å². The van der Waals surface area contributed by atoms with Crippen molar-refractivity contribution in [3.8, 4) is 0 Å². The fraction of sp³-hybridized carbons (Fsp3) is 0.545. The molecule has 0 unspecified atom stereocenters. The molecule has 2 heterocycles. The lowest BCUT2D eigenvalue weighted by Gasteiger charge is -2.20. The molecule has 17 heavy (non-hydrogen) atoms. The van der Waals surface area contributed by atoms with E-state index in [1.807, 2.05) is 12.3 Å². The molecule has 1 N–H and O–H groups in total. The normalized spacial score (nSPS) is 19.6. The highest BCUT2D eigenvalue weighted by Gasteiger charge is 2.33. The number of aryl methyl sites for hydroxylation is 1. The third-order valence-corrected chi connectivity index (χ3v) is 3.68. The number of rotatable bonds is 3. The van der Waals surface area contributed by atoms with Gasteiger partial charge in [0.2, 0.25) is 5.91 Å². The van der Waals surface area contributed by atoms with Crippen LogP contribution in [0.15, 0.2) is 5.38 Å². The zero-order valence-corrected chi connectivity index (χ0v) is 10.4. The van der Waals surface area contributed by atoms with Crippen LogP contribution < -0.4 is 0 Å². The number of carboxylic acid groups (broad SMARTS) is 1. The fourth-order valence-corrected chi connectivity index (χ4v) is 2.68. The second-order valence-corrected chi connectivity index (χ2v) is 5.18. The lowest BCUT2D eigenvalue weighted by Crippen LogP contribution is -2.41. The number of hydrogen-bond donors (Lipinski definition) is 1. The molecule has 1 amide bonds. The molecule has 0 spiro atoms. The molecule has 0 radical (unpaired) electrons. The Labute approximate surface area is 103 Å². The first-order chi connectivity index (χ1) is 8.08. The number of carbonyl (C=O) groups excluding carboxylic acids is 1. The number of aliphatic carboxylic acids is 1. The van der Waals surface area contributed by atoms with Gasteiger partial charge in [-0.1, -0.05) is 0 Å². The first-order valence-corrected chi connectivity index (χ1v) is 6.39. The van der Waals surface area contributed by atoms with Gasteiger partial charge in [-0.2, -0.15) is 0 Å². The summed E-state index contributed by atoms with van der Waals surface area (Å²) in [6.45, 7) is 2.42. The summed E-state index contributed by atoms with van der Waals surface area (Å²) >= 11 is 1.50. The highest BCUT2D eigenvalue weighted by Crippen LogP contribution is 2.19. The maximum absolute atomic E-state index is 12.0. The van der Waals surface area contributed by atoms with Crippen molar-refractivity contribution < 1.29 is 14.7 Å². The Morgan fingerprint density at radius 1 is 1.65 bits per heavy atom. The SMILES string of the molecule is Cc1nc(CC(=O)N2CCC[C@@H]2C(=O)O)cs1. The summed E-state index contributed by atoms with van der Waals surface area (Å²) in [4.78, 5) is 28.6. The first kappa shape index (κ1) is 12.0. The lowest BCUT2D eigenvalue weighted by molar-refractivity contribution is -0.148. The van der Waals surface area contributed by atoms with Crippen LogP contribution in [-0.4, -0.2) is 39.5 Å². The summed E-state index contributed by atoms with van der Waals surface area (Å²) in [7, 11) is 0. The minimum atomic E-state index is -0.912. The number of nitrogens with zero attached hydrogens (tertiary/aromatic N) is 2. The van der Waals surface area contributed by atoms with Gasteiger partial charge >= 0.3 is 5.97 Å². The van der Waals surface area contributed by atoms with Gasteiger partial charge in [-0.3, -0.25) is 4.79 Å². The molecule has 1 aromatic rings. The number of likely N-dealkylation sites (tertiary alicyclic amines) is 1. The standard InChI is InChI=1S/C11H14N2O3S/c1-7-12-8(6-17-7)5-10(14)13-4-2-3-9(13)11(15)16/h6,9H,2-5H2,1H3,(H,15,16)/t9-/m1/s1.